The Labute approximate surface area is 99.6 Å². The van der Waals surface area contributed by atoms with Crippen LogP contribution < -0.4 is 5.32 Å². The van der Waals surface area contributed by atoms with E-state index in [1.165, 1.54) is 0 Å². The predicted octanol–water partition coefficient (Wildman–Crippen LogP) is 0.0643. The van der Waals surface area contributed by atoms with Crippen molar-refractivity contribution in [2.24, 2.45) is 0 Å². The predicted molar refractivity (Wildman–Crippen MR) is 65.7 cm³/mol. The van der Waals surface area contributed by atoms with E-state index in [1.807, 2.05) is 6.92 Å². The van der Waals surface area contributed by atoms with Gasteiger partial charge in [0.25, 0.3) is 0 Å². The van der Waals surface area contributed by atoms with E-state index in [1.54, 1.807) is 0 Å². The fraction of sp³-hybridized carbons (Fsp3) is 1.00. The molecule has 0 aromatic carbocycles. The molecule has 2 fully saturated rings. The molecule has 0 amide bonds. The van der Waals surface area contributed by atoms with Gasteiger partial charge in [0.05, 0.1) is 11.5 Å². The molecule has 16 heavy (non-hydrogen) atoms. The van der Waals surface area contributed by atoms with Gasteiger partial charge in [0, 0.05) is 33.9 Å². The van der Waals surface area contributed by atoms with E-state index in [0.717, 1.165) is 24.3 Å². The monoisotopic (exact) mass is 265 g/mol. The van der Waals surface area contributed by atoms with Crippen LogP contribution in [0.5, 0.6) is 0 Å². The minimum absolute atomic E-state index is 0.250. The topological polar surface area (TPSA) is 63.2 Å². The molecule has 94 valence electrons. The highest BCUT2D eigenvalue weighted by Crippen LogP contribution is 2.25. The third-order valence-electron chi connectivity index (χ3n) is 3.44. The molecule has 2 saturated heterocycles. The SMILES string of the molecule is CC1(NC2CCS(=O)CC2)CCS(=O)(=O)C1. The van der Waals surface area contributed by atoms with E-state index in [9.17, 15) is 12.6 Å². The molecule has 0 aliphatic carbocycles. The summed E-state index contributed by atoms with van der Waals surface area (Å²) >= 11 is 0. The van der Waals surface area contributed by atoms with Crippen molar-refractivity contribution in [2.45, 2.75) is 37.8 Å². The van der Waals surface area contributed by atoms with Gasteiger partial charge in [0.1, 0.15) is 0 Å². The Kier molecular flexibility index (Phi) is 3.43. The summed E-state index contributed by atoms with van der Waals surface area (Å²) in [6.45, 7) is 1.99. The zero-order valence-electron chi connectivity index (χ0n) is 9.57. The fourth-order valence-electron chi connectivity index (χ4n) is 2.56. The first-order valence-corrected chi connectivity index (χ1v) is 9.03. The van der Waals surface area contributed by atoms with Gasteiger partial charge in [-0.25, -0.2) is 8.42 Å². The second-order valence-corrected chi connectivity index (χ2v) is 9.05. The third kappa shape index (κ3) is 3.05. The molecule has 0 aromatic heterocycles. The molecule has 2 heterocycles. The molecule has 0 aromatic rings. The quantitative estimate of drug-likeness (QED) is 0.767. The number of hydrogen-bond acceptors (Lipinski definition) is 4. The Balaban J connectivity index is 1.92. The summed E-state index contributed by atoms with van der Waals surface area (Å²) < 4.78 is 34.1. The normalized spacial score (nSPS) is 43.3. The first-order valence-electron chi connectivity index (χ1n) is 5.72. The summed E-state index contributed by atoms with van der Waals surface area (Å²) in [7, 11) is -3.49. The molecule has 2 rings (SSSR count). The fourth-order valence-corrected chi connectivity index (χ4v) is 5.96. The Morgan fingerprint density at radius 1 is 1.31 bits per heavy atom. The summed E-state index contributed by atoms with van der Waals surface area (Å²) in [5.41, 5.74) is -0.262. The Hall–Kier alpha value is 0.0600. The van der Waals surface area contributed by atoms with Crippen molar-refractivity contribution in [3.63, 3.8) is 0 Å². The van der Waals surface area contributed by atoms with Crippen molar-refractivity contribution in [1.82, 2.24) is 5.32 Å². The van der Waals surface area contributed by atoms with Gasteiger partial charge in [-0.1, -0.05) is 0 Å². The Morgan fingerprint density at radius 2 is 1.94 bits per heavy atom. The molecule has 6 heteroatoms. The van der Waals surface area contributed by atoms with Crippen LogP contribution in [0, 0.1) is 0 Å². The minimum atomic E-state index is -2.84. The molecule has 2 aliphatic heterocycles. The molecule has 2 aliphatic rings. The number of hydrogen-bond donors (Lipinski definition) is 1. The average Bonchev–Trinajstić information content (AvgIpc) is 2.45. The summed E-state index contributed by atoms with van der Waals surface area (Å²) in [4.78, 5) is 0. The number of nitrogens with one attached hydrogen (secondary N) is 1. The zero-order valence-corrected chi connectivity index (χ0v) is 11.2. The van der Waals surface area contributed by atoms with Crippen LogP contribution in [0.1, 0.15) is 26.2 Å². The van der Waals surface area contributed by atoms with E-state index < -0.39 is 20.6 Å². The van der Waals surface area contributed by atoms with E-state index >= 15 is 0 Å². The van der Waals surface area contributed by atoms with Crippen LogP contribution in [-0.4, -0.2) is 47.2 Å². The smallest absolute Gasteiger partial charge is 0.152 e. The summed E-state index contributed by atoms with van der Waals surface area (Å²) in [6, 6.07) is 0.344. The molecule has 0 bridgehead atoms. The van der Waals surface area contributed by atoms with Crippen LogP contribution in [0.25, 0.3) is 0 Å². The maximum absolute atomic E-state index is 11.5. The van der Waals surface area contributed by atoms with Crippen LogP contribution in [0.3, 0.4) is 0 Å². The van der Waals surface area contributed by atoms with Crippen LogP contribution in [0.4, 0.5) is 0 Å². The van der Waals surface area contributed by atoms with Crippen molar-refractivity contribution in [3.8, 4) is 0 Å². The van der Waals surface area contributed by atoms with Crippen molar-refractivity contribution >= 4 is 20.6 Å². The van der Waals surface area contributed by atoms with Crippen molar-refractivity contribution in [1.29, 1.82) is 0 Å². The van der Waals surface area contributed by atoms with Crippen molar-refractivity contribution < 1.29 is 12.6 Å². The molecule has 1 N–H and O–H groups in total. The lowest BCUT2D eigenvalue weighted by Crippen LogP contribution is -2.51. The molecular formula is C10H19NO3S2. The van der Waals surface area contributed by atoms with Gasteiger partial charge < -0.3 is 5.32 Å². The number of sulfone groups is 1. The summed E-state index contributed by atoms with van der Waals surface area (Å²) in [5.74, 6) is 2.05. The summed E-state index contributed by atoms with van der Waals surface area (Å²) in [6.07, 6.45) is 2.51. The van der Waals surface area contributed by atoms with E-state index in [4.69, 9.17) is 0 Å². The van der Waals surface area contributed by atoms with Crippen LogP contribution in [0.2, 0.25) is 0 Å². The van der Waals surface area contributed by atoms with Gasteiger partial charge in [-0.05, 0) is 26.2 Å². The van der Waals surface area contributed by atoms with E-state index in [2.05, 4.69) is 5.32 Å². The third-order valence-corrected chi connectivity index (χ3v) is 6.73. The van der Waals surface area contributed by atoms with Gasteiger partial charge in [0.15, 0.2) is 9.84 Å². The molecule has 0 spiro atoms. The van der Waals surface area contributed by atoms with Gasteiger partial charge in [-0.15, -0.1) is 0 Å². The van der Waals surface area contributed by atoms with Crippen molar-refractivity contribution in [3.05, 3.63) is 0 Å². The van der Waals surface area contributed by atoms with Gasteiger partial charge >= 0.3 is 0 Å². The molecule has 4 nitrogen and oxygen atoms in total. The molecule has 1 unspecified atom stereocenters. The average molecular weight is 265 g/mol. The summed E-state index contributed by atoms with van der Waals surface area (Å²) in [5, 5.41) is 3.46. The highest BCUT2D eigenvalue weighted by atomic mass is 32.2. The largest absolute Gasteiger partial charge is 0.308 e. The highest BCUT2D eigenvalue weighted by molar-refractivity contribution is 7.91. The maximum Gasteiger partial charge on any atom is 0.152 e. The van der Waals surface area contributed by atoms with Gasteiger partial charge in [0.2, 0.25) is 0 Å². The Bertz CT molecular complexity index is 383. The first-order chi connectivity index (χ1) is 7.39. The minimum Gasteiger partial charge on any atom is -0.308 e. The molecular weight excluding hydrogens is 246 g/mol. The molecule has 0 radical (unpaired) electrons. The second-order valence-electron chi connectivity index (χ2n) is 5.17. The van der Waals surface area contributed by atoms with Gasteiger partial charge in [-0.2, -0.15) is 0 Å². The second kappa shape index (κ2) is 4.38. The van der Waals surface area contributed by atoms with E-state index in [0.29, 0.717) is 18.2 Å². The lowest BCUT2D eigenvalue weighted by atomic mass is 9.99. The van der Waals surface area contributed by atoms with Gasteiger partial charge in [-0.3, -0.25) is 4.21 Å². The van der Waals surface area contributed by atoms with Crippen molar-refractivity contribution in [2.75, 3.05) is 23.0 Å². The highest BCUT2D eigenvalue weighted by Gasteiger charge is 2.39. The van der Waals surface area contributed by atoms with Crippen LogP contribution in [-0.2, 0) is 20.6 Å². The zero-order chi connectivity index (χ0) is 11.8. The number of rotatable bonds is 2. The van der Waals surface area contributed by atoms with Crippen LogP contribution in [0.15, 0.2) is 0 Å². The lowest BCUT2D eigenvalue weighted by Gasteiger charge is -2.32. The maximum atomic E-state index is 11.5. The first kappa shape index (κ1) is 12.5. The standard InChI is InChI=1S/C10H19NO3S2/c1-10(4-7-16(13,14)8-10)11-9-2-5-15(12)6-3-9/h9,11H,2-8H2,1H3. The van der Waals surface area contributed by atoms with E-state index in [-0.39, 0.29) is 11.3 Å². The molecule has 1 atom stereocenters. The van der Waals surface area contributed by atoms with Crippen LogP contribution >= 0.6 is 0 Å². The Morgan fingerprint density at radius 3 is 2.44 bits per heavy atom. The lowest BCUT2D eigenvalue weighted by molar-refractivity contribution is 0.325. The molecule has 0 saturated carbocycles.